The number of carbonyl (C=O) groups excluding carboxylic acids is 1. The third-order valence-electron chi connectivity index (χ3n) is 3.04. The number of amides is 1. The lowest BCUT2D eigenvalue weighted by molar-refractivity contribution is -0.121. The molecule has 98 valence electrons. The first kappa shape index (κ1) is 14.5. The zero-order valence-corrected chi connectivity index (χ0v) is 14.6. The minimum absolute atomic E-state index is 0.0822. The summed E-state index contributed by atoms with van der Waals surface area (Å²) in [5, 5.41) is 3.07. The quantitative estimate of drug-likeness (QED) is 0.760. The van der Waals surface area contributed by atoms with Gasteiger partial charge in [-0.1, -0.05) is 15.9 Å². The average Bonchev–Trinajstić information content (AvgIpc) is 2.30. The second-order valence-corrected chi connectivity index (χ2v) is 6.82. The fourth-order valence-electron chi connectivity index (χ4n) is 2.16. The van der Waals surface area contributed by atoms with E-state index < -0.39 is 0 Å². The van der Waals surface area contributed by atoms with Crippen LogP contribution in [0.4, 0.5) is 5.69 Å². The van der Waals surface area contributed by atoms with E-state index in [0.29, 0.717) is 0 Å². The van der Waals surface area contributed by atoms with Crippen molar-refractivity contribution in [1.29, 1.82) is 0 Å². The summed E-state index contributed by atoms with van der Waals surface area (Å²) in [4.78, 5) is 14.2. The van der Waals surface area contributed by atoms with Gasteiger partial charge in [0.25, 0.3) is 0 Å². The molecular weight excluding hydrogens is 428 g/mol. The molecule has 1 aromatic carbocycles. The van der Waals surface area contributed by atoms with Crippen molar-refractivity contribution >= 4 is 59.4 Å². The Kier molecular flexibility index (Phi) is 4.86. The van der Waals surface area contributed by atoms with Crippen LogP contribution in [0, 0.1) is 0 Å². The van der Waals surface area contributed by atoms with Gasteiger partial charge in [0.05, 0.1) is 11.7 Å². The van der Waals surface area contributed by atoms with Gasteiger partial charge in [0.1, 0.15) is 0 Å². The van der Waals surface area contributed by atoms with Gasteiger partial charge in [-0.05, 0) is 63.9 Å². The zero-order chi connectivity index (χ0) is 13.3. The van der Waals surface area contributed by atoms with Crippen LogP contribution in [0.1, 0.15) is 12.8 Å². The van der Waals surface area contributed by atoms with Gasteiger partial charge in [-0.2, -0.15) is 0 Å². The molecule has 3 nitrogen and oxygen atoms in total. The number of hydrogen-bond donors (Lipinski definition) is 1. The van der Waals surface area contributed by atoms with Crippen LogP contribution >= 0.6 is 47.8 Å². The highest BCUT2D eigenvalue weighted by atomic mass is 79.9. The molecule has 0 aromatic heterocycles. The van der Waals surface area contributed by atoms with E-state index in [1.807, 2.05) is 24.1 Å². The van der Waals surface area contributed by atoms with E-state index in [1.165, 1.54) is 0 Å². The Hall–Kier alpha value is 0.0900. The number of hydrogen-bond acceptors (Lipinski definition) is 2. The van der Waals surface area contributed by atoms with Crippen LogP contribution in [-0.2, 0) is 4.79 Å². The second-order valence-electron chi connectivity index (χ2n) is 4.19. The molecule has 1 aliphatic rings. The maximum atomic E-state index is 12.4. The van der Waals surface area contributed by atoms with E-state index in [-0.39, 0.29) is 11.9 Å². The Labute approximate surface area is 132 Å². The number of nitrogens with one attached hydrogen (secondary N) is 1. The van der Waals surface area contributed by atoms with Crippen molar-refractivity contribution in [3.05, 3.63) is 25.6 Å². The van der Waals surface area contributed by atoms with Crippen molar-refractivity contribution in [1.82, 2.24) is 5.32 Å². The van der Waals surface area contributed by atoms with Crippen molar-refractivity contribution in [2.75, 3.05) is 18.5 Å². The average molecular weight is 441 g/mol. The van der Waals surface area contributed by atoms with E-state index in [9.17, 15) is 4.79 Å². The van der Waals surface area contributed by atoms with Crippen LogP contribution in [0.25, 0.3) is 0 Å². The van der Waals surface area contributed by atoms with E-state index in [2.05, 4.69) is 53.1 Å². The molecule has 1 heterocycles. The highest BCUT2D eigenvalue weighted by Gasteiger charge is 2.30. The third kappa shape index (κ3) is 2.81. The van der Waals surface area contributed by atoms with Crippen LogP contribution < -0.4 is 10.2 Å². The molecule has 18 heavy (non-hydrogen) atoms. The molecule has 1 atom stereocenters. The van der Waals surface area contributed by atoms with Crippen molar-refractivity contribution in [3.8, 4) is 0 Å². The topological polar surface area (TPSA) is 32.3 Å². The summed E-state index contributed by atoms with van der Waals surface area (Å²) >= 11 is 10.5. The molecule has 0 radical (unpaired) electrons. The van der Waals surface area contributed by atoms with Crippen LogP contribution in [0.5, 0.6) is 0 Å². The van der Waals surface area contributed by atoms with E-state index in [0.717, 1.165) is 38.5 Å². The molecule has 0 bridgehead atoms. The summed E-state index contributed by atoms with van der Waals surface area (Å²) in [6, 6.07) is 3.83. The monoisotopic (exact) mass is 438 g/mol. The predicted molar refractivity (Wildman–Crippen MR) is 84.0 cm³/mol. The largest absolute Gasteiger partial charge is 0.309 e. The van der Waals surface area contributed by atoms with Gasteiger partial charge in [0.2, 0.25) is 5.91 Å². The number of likely N-dealkylation sites (N-methyl/N-ethyl adjacent to an activating group) is 1. The summed E-state index contributed by atoms with van der Waals surface area (Å²) in [6.07, 6.45) is 1.91. The van der Waals surface area contributed by atoms with Crippen molar-refractivity contribution in [2.24, 2.45) is 0 Å². The number of carbonyl (C=O) groups is 1. The van der Waals surface area contributed by atoms with Crippen LogP contribution in [0.15, 0.2) is 25.6 Å². The first-order valence-corrected chi connectivity index (χ1v) is 8.05. The molecule has 0 aliphatic carbocycles. The minimum atomic E-state index is -0.0822. The SMILES string of the molecule is CNC1CCCN(c2c(Br)cc(Br)cc2Br)C1=O. The molecule has 1 fully saturated rings. The lowest BCUT2D eigenvalue weighted by Gasteiger charge is -2.33. The third-order valence-corrected chi connectivity index (χ3v) is 4.71. The number of anilines is 1. The van der Waals surface area contributed by atoms with Crippen molar-refractivity contribution in [2.45, 2.75) is 18.9 Å². The van der Waals surface area contributed by atoms with E-state index in [4.69, 9.17) is 0 Å². The molecule has 1 unspecified atom stereocenters. The number of piperidine rings is 1. The maximum absolute atomic E-state index is 12.4. The first-order chi connectivity index (χ1) is 8.54. The Morgan fingerprint density at radius 2 is 1.89 bits per heavy atom. The summed E-state index contributed by atoms with van der Waals surface area (Å²) in [7, 11) is 1.83. The molecule has 1 aromatic rings. The summed E-state index contributed by atoms with van der Waals surface area (Å²) < 4.78 is 2.79. The Balaban J connectivity index is 2.39. The Bertz CT molecular complexity index is 455. The highest BCUT2D eigenvalue weighted by Crippen LogP contribution is 2.38. The Morgan fingerprint density at radius 1 is 1.28 bits per heavy atom. The number of benzene rings is 1. The van der Waals surface area contributed by atoms with Crippen molar-refractivity contribution in [3.63, 3.8) is 0 Å². The first-order valence-electron chi connectivity index (χ1n) is 5.67. The molecule has 1 aliphatic heterocycles. The summed E-state index contributed by atoms with van der Waals surface area (Å²) in [5.74, 6) is 0.132. The van der Waals surface area contributed by atoms with Gasteiger partial charge < -0.3 is 10.2 Å². The molecule has 0 spiro atoms. The number of nitrogens with zero attached hydrogens (tertiary/aromatic N) is 1. The lowest BCUT2D eigenvalue weighted by Crippen LogP contribution is -2.50. The minimum Gasteiger partial charge on any atom is -0.309 e. The molecular formula is C12H13Br3N2O. The normalized spacial score (nSPS) is 20.3. The van der Waals surface area contributed by atoms with Gasteiger partial charge >= 0.3 is 0 Å². The number of halogens is 3. The molecule has 1 N–H and O–H groups in total. The predicted octanol–water partition coefficient (Wildman–Crippen LogP) is 3.69. The summed E-state index contributed by atoms with van der Waals surface area (Å²) in [6.45, 7) is 0.760. The van der Waals surface area contributed by atoms with Gasteiger partial charge in [-0.25, -0.2) is 0 Å². The van der Waals surface area contributed by atoms with Crippen molar-refractivity contribution < 1.29 is 4.79 Å². The molecule has 0 saturated carbocycles. The van der Waals surface area contributed by atoms with Crippen LogP contribution in [0.2, 0.25) is 0 Å². The molecule has 1 saturated heterocycles. The highest BCUT2D eigenvalue weighted by molar-refractivity contribution is 9.11. The smallest absolute Gasteiger partial charge is 0.244 e. The zero-order valence-electron chi connectivity index (χ0n) is 9.84. The van der Waals surface area contributed by atoms with Gasteiger partial charge in [0.15, 0.2) is 0 Å². The second kappa shape index (κ2) is 6.03. The lowest BCUT2D eigenvalue weighted by atomic mass is 10.0. The standard InChI is InChI=1S/C12H13Br3N2O/c1-16-10-3-2-4-17(12(10)18)11-8(14)5-7(13)6-9(11)15/h5-6,10,16H,2-4H2,1H3. The maximum Gasteiger partial charge on any atom is 0.244 e. The number of rotatable bonds is 2. The van der Waals surface area contributed by atoms with Gasteiger partial charge in [-0.3, -0.25) is 4.79 Å². The van der Waals surface area contributed by atoms with E-state index >= 15 is 0 Å². The fourth-order valence-corrected chi connectivity index (χ4v) is 4.84. The molecule has 1 amide bonds. The van der Waals surface area contributed by atoms with Crippen LogP contribution in [-0.4, -0.2) is 25.5 Å². The van der Waals surface area contributed by atoms with Gasteiger partial charge in [-0.15, -0.1) is 0 Å². The van der Waals surface area contributed by atoms with Crippen LogP contribution in [0.3, 0.4) is 0 Å². The molecule has 6 heteroatoms. The fraction of sp³-hybridized carbons (Fsp3) is 0.417. The van der Waals surface area contributed by atoms with Gasteiger partial charge in [0, 0.05) is 20.0 Å². The molecule has 2 rings (SSSR count). The summed E-state index contributed by atoms with van der Waals surface area (Å²) in [5.41, 5.74) is 0.906. The Morgan fingerprint density at radius 3 is 2.44 bits per heavy atom. The van der Waals surface area contributed by atoms with E-state index in [1.54, 1.807) is 0 Å².